The highest BCUT2D eigenvalue weighted by molar-refractivity contribution is 6.43. The second kappa shape index (κ2) is 14.9. The van der Waals surface area contributed by atoms with Crippen molar-refractivity contribution in [2.75, 3.05) is 17.2 Å². The average Bonchev–Trinajstić information content (AvgIpc) is 3.23. The SMILES string of the molecule is CCCCCCCCCCCCN1C(=O)c2ccc3c4ccc5c6c(ccc(c7ccc(c2c37)C1=O)c64)C(=O)N(c1ccc(N=Nc2ccc(N)cc2)cc1)C5=O. The van der Waals surface area contributed by atoms with Crippen LogP contribution in [0.25, 0.3) is 43.1 Å². The number of carbonyl (C=O) groups excluding carboxylic acids is 4. The average molecular weight is 754 g/mol. The minimum atomic E-state index is -0.415. The summed E-state index contributed by atoms with van der Waals surface area (Å²) >= 11 is 0. The van der Waals surface area contributed by atoms with Gasteiger partial charge in [-0.05, 0) is 112 Å². The number of benzene rings is 7. The van der Waals surface area contributed by atoms with Crippen LogP contribution in [-0.2, 0) is 0 Å². The summed E-state index contributed by atoms with van der Waals surface area (Å²) in [6.07, 6.45) is 11.8. The molecule has 9 nitrogen and oxygen atoms in total. The van der Waals surface area contributed by atoms with E-state index in [0.717, 1.165) is 51.6 Å². The number of nitrogen functional groups attached to an aromatic ring is 1. The van der Waals surface area contributed by atoms with Gasteiger partial charge in [-0.25, -0.2) is 4.90 Å². The van der Waals surface area contributed by atoms with E-state index in [1.807, 2.05) is 36.4 Å². The number of nitrogens with zero attached hydrogens (tertiary/aromatic N) is 4. The largest absolute Gasteiger partial charge is 0.399 e. The molecule has 9 rings (SSSR count). The second-order valence-electron chi connectivity index (χ2n) is 15.3. The Morgan fingerprint density at radius 1 is 0.439 bits per heavy atom. The lowest BCUT2D eigenvalue weighted by Gasteiger charge is -2.30. The first kappa shape index (κ1) is 36.2. The van der Waals surface area contributed by atoms with E-state index in [1.54, 1.807) is 60.7 Å². The zero-order chi connectivity index (χ0) is 39.2. The number of carbonyl (C=O) groups is 4. The fourth-order valence-corrected chi connectivity index (χ4v) is 8.84. The number of hydrogen-bond acceptors (Lipinski definition) is 7. The van der Waals surface area contributed by atoms with E-state index in [9.17, 15) is 19.2 Å². The number of rotatable bonds is 14. The van der Waals surface area contributed by atoms with Crippen LogP contribution in [0.4, 0.5) is 22.7 Å². The number of nitrogens with two attached hydrogens (primary N) is 1. The van der Waals surface area contributed by atoms with Gasteiger partial charge in [0, 0.05) is 45.3 Å². The number of hydrogen-bond donors (Lipinski definition) is 1. The van der Waals surface area contributed by atoms with Gasteiger partial charge < -0.3 is 5.73 Å². The number of anilines is 2. The summed E-state index contributed by atoms with van der Waals surface area (Å²) < 4.78 is 0. The Bertz CT molecular complexity index is 2650. The molecule has 0 aliphatic carbocycles. The van der Waals surface area contributed by atoms with Gasteiger partial charge >= 0.3 is 0 Å². The Hall–Kier alpha value is -6.48. The van der Waals surface area contributed by atoms with Crippen LogP contribution >= 0.6 is 0 Å². The maximum atomic E-state index is 14.2. The van der Waals surface area contributed by atoms with Crippen molar-refractivity contribution in [3.05, 3.63) is 119 Å². The normalized spacial score (nSPS) is 14.2. The van der Waals surface area contributed by atoms with Crippen LogP contribution in [0.5, 0.6) is 0 Å². The Labute approximate surface area is 330 Å². The van der Waals surface area contributed by atoms with Gasteiger partial charge in [0.25, 0.3) is 23.6 Å². The van der Waals surface area contributed by atoms with Crippen LogP contribution in [0.3, 0.4) is 0 Å². The van der Waals surface area contributed by atoms with Gasteiger partial charge in [-0.1, -0.05) is 89.0 Å². The predicted molar refractivity (Wildman–Crippen MR) is 227 cm³/mol. The number of azo groups is 1. The molecule has 7 aromatic rings. The topological polar surface area (TPSA) is 126 Å². The predicted octanol–water partition coefficient (Wildman–Crippen LogP) is 12.1. The van der Waals surface area contributed by atoms with Crippen LogP contribution in [0.1, 0.15) is 113 Å². The highest BCUT2D eigenvalue weighted by atomic mass is 16.2. The van der Waals surface area contributed by atoms with E-state index < -0.39 is 11.8 Å². The maximum Gasteiger partial charge on any atom is 0.265 e. The smallest absolute Gasteiger partial charge is 0.265 e. The third-order valence-electron chi connectivity index (χ3n) is 11.7. The van der Waals surface area contributed by atoms with E-state index in [0.29, 0.717) is 62.3 Å². The summed E-state index contributed by atoms with van der Waals surface area (Å²) in [6, 6.07) is 28.9. The van der Waals surface area contributed by atoms with E-state index in [1.165, 1.54) is 54.7 Å². The van der Waals surface area contributed by atoms with Crippen LogP contribution in [0.15, 0.2) is 107 Å². The molecule has 0 saturated heterocycles. The number of unbranched alkanes of at least 4 members (excludes halogenated alkanes) is 9. The zero-order valence-corrected chi connectivity index (χ0v) is 32.0. The van der Waals surface area contributed by atoms with Gasteiger partial charge in [0.2, 0.25) is 0 Å². The molecule has 9 heteroatoms. The summed E-state index contributed by atoms with van der Waals surface area (Å²) in [4.78, 5) is 58.9. The van der Waals surface area contributed by atoms with Crippen molar-refractivity contribution >= 4 is 89.5 Å². The lowest BCUT2D eigenvalue weighted by atomic mass is 9.82. The standard InChI is InChI=1S/C48H43N5O4/c1-2-3-4-5-6-7-8-9-10-11-28-52-45(54)37-24-20-33-35-22-26-39-44-40(27-23-36(42(35)44)34-21-25-38(46(52)55)43(37)41(33)34)48(57)53(47(39)56)32-18-16-31(17-19-32)51-50-30-14-12-29(49)13-15-30/h12-27H,2-11,28,49H2,1H3. The monoisotopic (exact) mass is 753 g/mol. The first-order valence-corrected chi connectivity index (χ1v) is 20.2. The lowest BCUT2D eigenvalue weighted by molar-refractivity contribution is 0.0607. The highest BCUT2D eigenvalue weighted by Crippen LogP contribution is 2.46. The van der Waals surface area contributed by atoms with Crippen molar-refractivity contribution in [2.24, 2.45) is 10.2 Å². The maximum absolute atomic E-state index is 14.2. The molecule has 4 amide bonds. The van der Waals surface area contributed by atoms with Gasteiger partial charge in [-0.3, -0.25) is 24.1 Å². The van der Waals surface area contributed by atoms with Gasteiger partial charge in [-0.15, -0.1) is 0 Å². The zero-order valence-electron chi connectivity index (χ0n) is 32.0. The minimum absolute atomic E-state index is 0.252. The summed E-state index contributed by atoms with van der Waals surface area (Å²) in [5, 5.41) is 15.0. The molecule has 2 aliphatic heterocycles. The van der Waals surface area contributed by atoms with Gasteiger partial charge in [0.15, 0.2) is 0 Å². The molecule has 0 atom stereocenters. The van der Waals surface area contributed by atoms with Crippen LogP contribution in [0, 0.1) is 0 Å². The van der Waals surface area contributed by atoms with Crippen molar-refractivity contribution in [1.82, 2.24) is 4.90 Å². The Morgan fingerprint density at radius 2 is 0.825 bits per heavy atom. The van der Waals surface area contributed by atoms with E-state index in [2.05, 4.69) is 17.2 Å². The molecule has 57 heavy (non-hydrogen) atoms. The summed E-state index contributed by atoms with van der Waals surface area (Å²) in [6.45, 7) is 2.64. The molecule has 2 aliphatic rings. The van der Waals surface area contributed by atoms with Crippen molar-refractivity contribution in [1.29, 1.82) is 0 Å². The number of fused-ring (bicyclic) bond motifs is 2. The quantitative estimate of drug-likeness (QED) is 0.0295. The highest BCUT2D eigenvalue weighted by Gasteiger charge is 2.37. The van der Waals surface area contributed by atoms with Crippen LogP contribution in [-0.4, -0.2) is 35.1 Å². The Kier molecular flexibility index (Phi) is 9.44. The van der Waals surface area contributed by atoms with Gasteiger partial charge in [0.05, 0.1) is 17.1 Å². The van der Waals surface area contributed by atoms with Gasteiger partial charge in [-0.2, -0.15) is 10.2 Å². The second-order valence-corrected chi connectivity index (χ2v) is 15.3. The van der Waals surface area contributed by atoms with Crippen molar-refractivity contribution in [2.45, 2.75) is 71.1 Å². The minimum Gasteiger partial charge on any atom is -0.399 e. The van der Waals surface area contributed by atoms with Crippen LogP contribution < -0.4 is 10.6 Å². The third-order valence-corrected chi connectivity index (χ3v) is 11.7. The molecule has 0 bridgehead atoms. The van der Waals surface area contributed by atoms with E-state index >= 15 is 0 Å². The molecular weight excluding hydrogens is 711 g/mol. The number of imide groups is 2. The van der Waals surface area contributed by atoms with E-state index in [4.69, 9.17) is 5.73 Å². The molecule has 0 spiro atoms. The van der Waals surface area contributed by atoms with Gasteiger partial charge in [0.1, 0.15) is 0 Å². The molecule has 0 saturated carbocycles. The lowest BCUT2D eigenvalue weighted by Crippen LogP contribution is -2.41. The molecule has 2 heterocycles. The molecule has 0 aromatic heterocycles. The first-order chi connectivity index (χ1) is 27.9. The summed E-state index contributed by atoms with van der Waals surface area (Å²) in [7, 11) is 0. The molecule has 7 aromatic carbocycles. The summed E-state index contributed by atoms with van der Waals surface area (Å²) in [5.41, 5.74) is 9.97. The first-order valence-electron chi connectivity index (χ1n) is 20.2. The third kappa shape index (κ3) is 6.18. The van der Waals surface area contributed by atoms with Crippen LogP contribution in [0.2, 0.25) is 0 Å². The van der Waals surface area contributed by atoms with E-state index in [-0.39, 0.29) is 11.8 Å². The molecule has 2 N–H and O–H groups in total. The molecule has 0 fully saturated rings. The molecular formula is C48H43N5O4. The summed E-state index contributed by atoms with van der Waals surface area (Å²) in [5.74, 6) is -1.33. The number of amides is 4. The molecule has 0 unspecified atom stereocenters. The van der Waals surface area contributed by atoms with Crippen molar-refractivity contribution < 1.29 is 19.2 Å². The fourth-order valence-electron chi connectivity index (χ4n) is 8.84. The Morgan fingerprint density at radius 3 is 1.26 bits per heavy atom. The van der Waals surface area contributed by atoms with Crippen molar-refractivity contribution in [3.63, 3.8) is 0 Å². The fraction of sp³-hybridized carbons (Fsp3) is 0.250. The molecule has 0 radical (unpaired) electrons. The molecule has 284 valence electrons. The van der Waals surface area contributed by atoms with Crippen molar-refractivity contribution in [3.8, 4) is 0 Å². The Balaban J connectivity index is 1.00.